The van der Waals surface area contributed by atoms with Crippen LogP contribution in [0.4, 0.5) is 0 Å². The van der Waals surface area contributed by atoms with Crippen LogP contribution < -0.4 is 8.85 Å². The molecule has 2 aromatic rings. The van der Waals surface area contributed by atoms with Crippen molar-refractivity contribution in [3.63, 3.8) is 0 Å². The quantitative estimate of drug-likeness (QED) is 0.705. The lowest BCUT2D eigenvalue weighted by Crippen LogP contribution is -2.48. The van der Waals surface area contributed by atoms with Gasteiger partial charge in [-0.3, -0.25) is 0 Å². The Hall–Kier alpha value is -1.03. The fraction of sp³-hybridized carbons (Fsp3) is 0.250. The molecule has 1 heteroatoms. The SMILES string of the molecule is C[C](C)(C)[Al]([c]1ccccc1)[c]1ccccc1. The molecule has 0 nitrogen and oxygen atoms in total. The van der Waals surface area contributed by atoms with Crippen LogP contribution in [0.1, 0.15) is 20.8 Å². The summed E-state index contributed by atoms with van der Waals surface area (Å²) in [5.41, 5.74) is 0. The average Bonchev–Trinajstić information content (AvgIpc) is 2.30. The zero-order valence-corrected chi connectivity index (χ0v) is 12.0. The fourth-order valence-corrected chi connectivity index (χ4v) is 6.08. The van der Waals surface area contributed by atoms with Crippen molar-refractivity contribution in [2.45, 2.75) is 25.0 Å². The number of hydrogen-bond donors (Lipinski definition) is 0. The maximum Gasteiger partial charge on any atom is 0.351 e. The smallest absolute Gasteiger partial charge is 0.104 e. The normalized spacial score (nSPS) is 11.2. The first-order valence-corrected chi connectivity index (χ1v) is 7.92. The van der Waals surface area contributed by atoms with Gasteiger partial charge in [0.25, 0.3) is 0 Å². The maximum absolute atomic E-state index is 2.36. The van der Waals surface area contributed by atoms with E-state index in [0.29, 0.717) is 4.28 Å². The van der Waals surface area contributed by atoms with Crippen LogP contribution in [-0.4, -0.2) is 14.1 Å². The van der Waals surface area contributed by atoms with E-state index in [1.54, 1.807) is 0 Å². The van der Waals surface area contributed by atoms with Gasteiger partial charge in [0.15, 0.2) is 0 Å². The highest BCUT2D eigenvalue weighted by Crippen LogP contribution is 2.26. The molecule has 0 saturated carbocycles. The number of benzene rings is 2. The summed E-state index contributed by atoms with van der Waals surface area (Å²) < 4.78 is 3.43. The topological polar surface area (TPSA) is 0 Å². The molecule has 0 unspecified atom stereocenters. The predicted octanol–water partition coefficient (Wildman–Crippen LogP) is 3.10. The molecule has 0 heterocycles. The van der Waals surface area contributed by atoms with Crippen LogP contribution in [0.3, 0.4) is 0 Å². The lowest BCUT2D eigenvalue weighted by Gasteiger charge is -2.27. The molecule has 0 spiro atoms. The molecule has 0 aromatic heterocycles. The van der Waals surface area contributed by atoms with Crippen LogP contribution in [0, 0.1) is 0 Å². The zero-order chi connectivity index (χ0) is 12.3. The van der Waals surface area contributed by atoms with Crippen molar-refractivity contribution in [1.82, 2.24) is 0 Å². The Balaban J connectivity index is 2.48. The Morgan fingerprint density at radius 1 is 0.647 bits per heavy atom. The van der Waals surface area contributed by atoms with E-state index in [1.165, 1.54) is 8.85 Å². The summed E-state index contributed by atoms with van der Waals surface area (Å²) in [6.45, 7) is 7.09. The van der Waals surface area contributed by atoms with Crippen molar-refractivity contribution >= 4 is 23.0 Å². The molecule has 0 saturated heterocycles. The van der Waals surface area contributed by atoms with Gasteiger partial charge >= 0.3 is 14.1 Å². The minimum absolute atomic E-state index is 0.364. The molecule has 17 heavy (non-hydrogen) atoms. The third-order valence-electron chi connectivity index (χ3n) is 3.13. The summed E-state index contributed by atoms with van der Waals surface area (Å²) in [7, 11) is 0. The molecular formula is C16H19Al. The molecule has 2 rings (SSSR count). The van der Waals surface area contributed by atoms with Crippen LogP contribution in [0.2, 0.25) is 4.28 Å². The molecule has 0 amide bonds. The number of rotatable bonds is 2. The minimum atomic E-state index is -1.14. The van der Waals surface area contributed by atoms with E-state index in [-0.39, 0.29) is 0 Å². The molecule has 0 aliphatic rings. The van der Waals surface area contributed by atoms with Gasteiger partial charge in [-0.25, -0.2) is 0 Å². The van der Waals surface area contributed by atoms with E-state index in [9.17, 15) is 0 Å². The van der Waals surface area contributed by atoms with Gasteiger partial charge in [0, 0.05) is 0 Å². The Morgan fingerprint density at radius 3 is 1.29 bits per heavy atom. The number of hydrogen-bond acceptors (Lipinski definition) is 0. The second-order valence-corrected chi connectivity index (χ2v) is 9.55. The first-order valence-electron chi connectivity index (χ1n) is 6.19. The van der Waals surface area contributed by atoms with E-state index in [1.807, 2.05) is 0 Å². The second kappa shape index (κ2) is 5.09. The summed E-state index contributed by atoms with van der Waals surface area (Å²) in [5.74, 6) is 0. The largest absolute Gasteiger partial charge is 0.351 e. The van der Waals surface area contributed by atoms with Crippen molar-refractivity contribution in [2.24, 2.45) is 0 Å². The third kappa shape index (κ3) is 3.00. The van der Waals surface area contributed by atoms with Gasteiger partial charge in [-0.2, -0.15) is 0 Å². The van der Waals surface area contributed by atoms with Gasteiger partial charge in [-0.15, -0.1) is 8.85 Å². The average molecular weight is 238 g/mol. The minimum Gasteiger partial charge on any atom is -0.104 e. The first-order chi connectivity index (χ1) is 8.09. The predicted molar refractivity (Wildman–Crippen MR) is 77.6 cm³/mol. The van der Waals surface area contributed by atoms with Gasteiger partial charge in [-0.1, -0.05) is 85.7 Å². The first kappa shape index (κ1) is 12.4. The van der Waals surface area contributed by atoms with Gasteiger partial charge in [0.2, 0.25) is 0 Å². The Kier molecular flexibility index (Phi) is 3.72. The molecule has 0 bridgehead atoms. The molecule has 0 atom stereocenters. The van der Waals surface area contributed by atoms with Crippen LogP contribution in [0.15, 0.2) is 60.7 Å². The van der Waals surface area contributed by atoms with Gasteiger partial charge < -0.3 is 0 Å². The molecule has 0 fully saturated rings. The fourth-order valence-electron chi connectivity index (χ4n) is 2.48. The van der Waals surface area contributed by atoms with E-state index >= 15 is 0 Å². The highest BCUT2D eigenvalue weighted by atomic mass is 27.2. The lowest BCUT2D eigenvalue weighted by molar-refractivity contribution is 0.750. The van der Waals surface area contributed by atoms with Gasteiger partial charge in [0.05, 0.1) is 0 Å². The molecule has 2 aromatic carbocycles. The summed E-state index contributed by atoms with van der Waals surface area (Å²) in [6, 6.07) is 22.0. The monoisotopic (exact) mass is 238 g/mol. The Morgan fingerprint density at radius 2 is 1.00 bits per heavy atom. The van der Waals surface area contributed by atoms with Crippen molar-refractivity contribution in [2.75, 3.05) is 0 Å². The van der Waals surface area contributed by atoms with Gasteiger partial charge in [0.1, 0.15) is 0 Å². The summed E-state index contributed by atoms with van der Waals surface area (Å²) >= 11 is -1.14. The van der Waals surface area contributed by atoms with Crippen molar-refractivity contribution in [3.05, 3.63) is 60.7 Å². The highest BCUT2D eigenvalue weighted by Gasteiger charge is 2.34. The molecule has 0 aliphatic carbocycles. The van der Waals surface area contributed by atoms with Crippen molar-refractivity contribution in [3.8, 4) is 0 Å². The summed E-state index contributed by atoms with van der Waals surface area (Å²) in [5, 5.41) is 0. The Labute approximate surface area is 109 Å². The van der Waals surface area contributed by atoms with Crippen LogP contribution in [0.5, 0.6) is 0 Å². The van der Waals surface area contributed by atoms with E-state index < -0.39 is 14.1 Å². The van der Waals surface area contributed by atoms with Crippen molar-refractivity contribution in [1.29, 1.82) is 0 Å². The summed E-state index contributed by atoms with van der Waals surface area (Å²) in [6.07, 6.45) is 0. The molecule has 0 aliphatic heterocycles. The van der Waals surface area contributed by atoms with Crippen LogP contribution in [0.25, 0.3) is 0 Å². The standard InChI is InChI=1S/2C6H5.C4H9.Al/c2*1-2-4-6-5-3-1;1-4(2)3;/h2*1-5H;1-3H3;. The zero-order valence-electron chi connectivity index (χ0n) is 10.9. The van der Waals surface area contributed by atoms with E-state index in [4.69, 9.17) is 0 Å². The molecule has 86 valence electrons. The van der Waals surface area contributed by atoms with E-state index in [2.05, 4.69) is 81.4 Å². The maximum atomic E-state index is 2.36. The Bertz CT molecular complexity index is 414. The van der Waals surface area contributed by atoms with Crippen LogP contribution >= 0.6 is 0 Å². The van der Waals surface area contributed by atoms with Gasteiger partial charge in [-0.05, 0) is 0 Å². The van der Waals surface area contributed by atoms with E-state index in [0.717, 1.165) is 0 Å². The third-order valence-corrected chi connectivity index (χ3v) is 6.97. The molecule has 0 N–H and O–H groups in total. The highest BCUT2D eigenvalue weighted by molar-refractivity contribution is 6.87. The van der Waals surface area contributed by atoms with Crippen molar-refractivity contribution < 1.29 is 0 Å². The molecule has 0 radical (unpaired) electrons. The lowest BCUT2D eigenvalue weighted by atomic mass is 10.2. The van der Waals surface area contributed by atoms with Crippen LogP contribution in [-0.2, 0) is 0 Å². The molecular weight excluding hydrogens is 219 g/mol. The second-order valence-electron chi connectivity index (χ2n) is 5.62. The summed E-state index contributed by atoms with van der Waals surface area (Å²) in [4.78, 5) is 0.